The molecule has 1 aliphatic heterocycles. The highest BCUT2D eigenvalue weighted by atomic mass is 19.1. The summed E-state index contributed by atoms with van der Waals surface area (Å²) in [6, 6.07) is 4.80. The molecule has 0 spiro atoms. The second-order valence-electron chi connectivity index (χ2n) is 4.77. The normalized spacial score (nSPS) is 23.7. The molecule has 1 aromatic rings. The second kappa shape index (κ2) is 5.35. The van der Waals surface area contributed by atoms with E-state index < -0.39 is 11.7 Å². The van der Waals surface area contributed by atoms with Gasteiger partial charge in [0.05, 0.1) is 5.56 Å². The van der Waals surface area contributed by atoms with E-state index in [4.69, 9.17) is 5.73 Å². The minimum atomic E-state index is -0.612. The molecule has 1 aliphatic rings. The van der Waals surface area contributed by atoms with Gasteiger partial charge in [0.1, 0.15) is 5.82 Å². The monoisotopic (exact) mass is 251 g/mol. The van der Waals surface area contributed by atoms with Crippen molar-refractivity contribution in [3.8, 4) is 0 Å². The Kier molecular flexibility index (Phi) is 3.81. The third-order valence-electron chi connectivity index (χ3n) is 3.23. The predicted octanol–water partition coefficient (Wildman–Crippen LogP) is 1.48. The molecule has 0 radical (unpaired) electrons. The van der Waals surface area contributed by atoms with Crippen LogP contribution in [0.4, 0.5) is 10.1 Å². The molecular formula is C13H18FN3O. The molecule has 2 rings (SSSR count). The standard InChI is InChI=1S/C13H18FN3O/c1-8-6-10(4-5-16-8)17-12-3-2-9(14)7-11(12)13(15)18/h2-3,7-8,10,16-17H,4-6H2,1H3,(H2,15,18). The number of nitrogens with one attached hydrogen (secondary N) is 2. The van der Waals surface area contributed by atoms with Crippen LogP contribution < -0.4 is 16.4 Å². The molecule has 98 valence electrons. The number of hydrogen-bond acceptors (Lipinski definition) is 3. The Bertz CT molecular complexity index is 450. The van der Waals surface area contributed by atoms with Crippen LogP contribution in [-0.4, -0.2) is 24.5 Å². The lowest BCUT2D eigenvalue weighted by Crippen LogP contribution is -2.41. The Hall–Kier alpha value is -1.62. The molecule has 1 fully saturated rings. The summed E-state index contributed by atoms with van der Waals surface area (Å²) in [6.45, 7) is 3.05. The molecule has 4 N–H and O–H groups in total. The summed E-state index contributed by atoms with van der Waals surface area (Å²) in [5.74, 6) is -1.06. The van der Waals surface area contributed by atoms with E-state index in [-0.39, 0.29) is 11.6 Å². The molecule has 4 nitrogen and oxygen atoms in total. The molecule has 1 amide bonds. The first kappa shape index (κ1) is 12.8. The van der Waals surface area contributed by atoms with E-state index in [1.807, 2.05) is 0 Å². The Morgan fingerprint density at radius 1 is 1.56 bits per heavy atom. The molecule has 0 aromatic heterocycles. The van der Waals surface area contributed by atoms with Gasteiger partial charge in [0.25, 0.3) is 5.91 Å². The van der Waals surface area contributed by atoms with Gasteiger partial charge in [-0.25, -0.2) is 4.39 Å². The van der Waals surface area contributed by atoms with Crippen molar-refractivity contribution in [1.29, 1.82) is 0 Å². The van der Waals surface area contributed by atoms with Gasteiger partial charge in [0.2, 0.25) is 0 Å². The minimum absolute atomic E-state index is 0.209. The van der Waals surface area contributed by atoms with Crippen molar-refractivity contribution in [2.24, 2.45) is 5.73 Å². The van der Waals surface area contributed by atoms with Crippen molar-refractivity contribution < 1.29 is 9.18 Å². The zero-order valence-corrected chi connectivity index (χ0v) is 10.4. The van der Waals surface area contributed by atoms with Gasteiger partial charge in [-0.05, 0) is 44.5 Å². The Morgan fingerprint density at radius 2 is 2.33 bits per heavy atom. The average molecular weight is 251 g/mol. The number of amides is 1. The average Bonchev–Trinajstić information content (AvgIpc) is 2.31. The number of halogens is 1. The number of anilines is 1. The van der Waals surface area contributed by atoms with Crippen molar-refractivity contribution in [1.82, 2.24) is 5.32 Å². The SMILES string of the molecule is CC1CC(Nc2ccc(F)cc2C(N)=O)CCN1. The second-order valence-corrected chi connectivity index (χ2v) is 4.77. The summed E-state index contributed by atoms with van der Waals surface area (Å²) in [7, 11) is 0. The van der Waals surface area contributed by atoms with Gasteiger partial charge in [-0.3, -0.25) is 4.79 Å². The fourth-order valence-corrected chi connectivity index (χ4v) is 2.33. The van der Waals surface area contributed by atoms with Gasteiger partial charge >= 0.3 is 0 Å². The quantitative estimate of drug-likeness (QED) is 0.762. The van der Waals surface area contributed by atoms with Gasteiger partial charge in [-0.15, -0.1) is 0 Å². The molecule has 0 saturated carbocycles. The van der Waals surface area contributed by atoms with Crippen LogP contribution in [0.5, 0.6) is 0 Å². The van der Waals surface area contributed by atoms with E-state index in [1.54, 1.807) is 6.07 Å². The Morgan fingerprint density at radius 3 is 3.00 bits per heavy atom. The highest BCUT2D eigenvalue weighted by molar-refractivity contribution is 5.98. The molecule has 1 heterocycles. The number of carbonyl (C=O) groups excluding carboxylic acids is 1. The van der Waals surface area contributed by atoms with Crippen LogP contribution >= 0.6 is 0 Å². The number of nitrogens with two attached hydrogens (primary N) is 1. The van der Waals surface area contributed by atoms with Crippen molar-refractivity contribution in [2.45, 2.75) is 31.8 Å². The fraction of sp³-hybridized carbons (Fsp3) is 0.462. The summed E-state index contributed by atoms with van der Waals surface area (Å²) >= 11 is 0. The summed E-state index contributed by atoms with van der Waals surface area (Å²) in [5, 5.41) is 6.63. The van der Waals surface area contributed by atoms with Crippen LogP contribution in [0.25, 0.3) is 0 Å². The summed E-state index contributed by atoms with van der Waals surface area (Å²) in [5.41, 5.74) is 6.08. The van der Waals surface area contributed by atoms with E-state index in [2.05, 4.69) is 17.6 Å². The number of piperidine rings is 1. The highest BCUT2D eigenvalue weighted by Crippen LogP contribution is 2.20. The molecule has 5 heteroatoms. The van der Waals surface area contributed by atoms with Gasteiger partial charge in [-0.1, -0.05) is 0 Å². The summed E-state index contributed by atoms with van der Waals surface area (Å²) < 4.78 is 13.1. The number of rotatable bonds is 3. The van der Waals surface area contributed by atoms with Crippen LogP contribution in [-0.2, 0) is 0 Å². The van der Waals surface area contributed by atoms with Gasteiger partial charge in [0, 0.05) is 17.8 Å². The lowest BCUT2D eigenvalue weighted by Gasteiger charge is -2.29. The lowest BCUT2D eigenvalue weighted by molar-refractivity contribution is 0.100. The van der Waals surface area contributed by atoms with Crippen LogP contribution in [0, 0.1) is 5.82 Å². The van der Waals surface area contributed by atoms with E-state index in [9.17, 15) is 9.18 Å². The number of benzene rings is 1. The maximum Gasteiger partial charge on any atom is 0.250 e. The smallest absolute Gasteiger partial charge is 0.250 e. The lowest BCUT2D eigenvalue weighted by atomic mass is 9.99. The van der Waals surface area contributed by atoms with Gasteiger partial charge in [0.15, 0.2) is 0 Å². The zero-order chi connectivity index (χ0) is 13.1. The molecule has 2 unspecified atom stereocenters. The molecule has 1 aromatic carbocycles. The summed E-state index contributed by atoms with van der Waals surface area (Å²) in [4.78, 5) is 11.3. The molecule has 0 bridgehead atoms. The maximum atomic E-state index is 13.1. The Balaban J connectivity index is 2.15. The number of hydrogen-bond donors (Lipinski definition) is 3. The first-order chi connectivity index (χ1) is 8.56. The Labute approximate surface area is 106 Å². The van der Waals surface area contributed by atoms with Crippen molar-refractivity contribution in [3.63, 3.8) is 0 Å². The topological polar surface area (TPSA) is 67.1 Å². The molecule has 18 heavy (non-hydrogen) atoms. The van der Waals surface area contributed by atoms with Gasteiger partial charge < -0.3 is 16.4 Å². The van der Waals surface area contributed by atoms with E-state index in [0.29, 0.717) is 11.7 Å². The third-order valence-corrected chi connectivity index (χ3v) is 3.23. The van der Waals surface area contributed by atoms with Crippen LogP contribution in [0.15, 0.2) is 18.2 Å². The zero-order valence-electron chi connectivity index (χ0n) is 10.4. The largest absolute Gasteiger partial charge is 0.382 e. The fourth-order valence-electron chi connectivity index (χ4n) is 2.33. The molecule has 0 aliphatic carbocycles. The maximum absolute atomic E-state index is 13.1. The van der Waals surface area contributed by atoms with Crippen molar-refractivity contribution >= 4 is 11.6 Å². The van der Waals surface area contributed by atoms with E-state index in [0.717, 1.165) is 19.4 Å². The first-order valence-electron chi connectivity index (χ1n) is 6.15. The van der Waals surface area contributed by atoms with Crippen molar-refractivity contribution in [2.75, 3.05) is 11.9 Å². The number of carbonyl (C=O) groups is 1. The highest BCUT2D eigenvalue weighted by Gasteiger charge is 2.19. The predicted molar refractivity (Wildman–Crippen MR) is 69.0 cm³/mol. The van der Waals surface area contributed by atoms with Crippen LogP contribution in [0.1, 0.15) is 30.1 Å². The molecule has 2 atom stereocenters. The van der Waals surface area contributed by atoms with Crippen LogP contribution in [0.2, 0.25) is 0 Å². The summed E-state index contributed by atoms with van der Waals surface area (Å²) in [6.07, 6.45) is 1.94. The minimum Gasteiger partial charge on any atom is -0.382 e. The van der Waals surface area contributed by atoms with E-state index >= 15 is 0 Å². The molecular weight excluding hydrogens is 233 g/mol. The number of primary amides is 1. The molecule has 1 saturated heterocycles. The van der Waals surface area contributed by atoms with Gasteiger partial charge in [-0.2, -0.15) is 0 Å². The van der Waals surface area contributed by atoms with Crippen molar-refractivity contribution in [3.05, 3.63) is 29.6 Å². The van der Waals surface area contributed by atoms with Crippen LogP contribution in [0.3, 0.4) is 0 Å². The van der Waals surface area contributed by atoms with E-state index in [1.165, 1.54) is 12.1 Å². The first-order valence-corrected chi connectivity index (χ1v) is 6.15. The third kappa shape index (κ3) is 2.98.